The van der Waals surface area contributed by atoms with Crippen molar-refractivity contribution in [1.29, 1.82) is 0 Å². The Bertz CT molecular complexity index is 196. The van der Waals surface area contributed by atoms with Crippen molar-refractivity contribution >= 4 is 0 Å². The molecule has 2 N–H and O–H groups in total. The summed E-state index contributed by atoms with van der Waals surface area (Å²) in [7, 11) is 0. The maximum Gasteiger partial charge on any atom is 0.0293 e. The van der Waals surface area contributed by atoms with E-state index in [-0.39, 0.29) is 0 Å². The lowest BCUT2D eigenvalue weighted by Gasteiger charge is -2.16. The van der Waals surface area contributed by atoms with Gasteiger partial charge in [-0.3, -0.25) is 0 Å². The smallest absolute Gasteiger partial charge is 0.0293 e. The molecule has 2 aliphatic rings. The highest BCUT2D eigenvalue weighted by molar-refractivity contribution is 5.26. The quantitative estimate of drug-likeness (QED) is 0.538. The summed E-state index contributed by atoms with van der Waals surface area (Å²) in [5.74, 6) is 0.734. The molecule has 0 amide bonds. The molecule has 11 heavy (non-hydrogen) atoms. The van der Waals surface area contributed by atoms with Crippen LogP contribution in [0.2, 0.25) is 0 Å². The van der Waals surface area contributed by atoms with E-state index in [1.54, 1.807) is 5.57 Å². The van der Waals surface area contributed by atoms with Crippen LogP contribution in [0.4, 0.5) is 0 Å². The molecule has 0 fully saturated rings. The predicted molar refractivity (Wildman–Crippen MR) is 46.3 cm³/mol. The van der Waals surface area contributed by atoms with Gasteiger partial charge in [-0.05, 0) is 18.9 Å². The summed E-state index contributed by atoms with van der Waals surface area (Å²) in [5, 5.41) is 6.95. The summed E-state index contributed by atoms with van der Waals surface area (Å²) in [4.78, 5) is 0. The van der Waals surface area contributed by atoms with Gasteiger partial charge in [0.05, 0.1) is 0 Å². The molecule has 0 bridgehead atoms. The molecule has 2 rings (SSSR count). The highest BCUT2D eigenvalue weighted by atomic mass is 15.0. The standard InChI is InChI=1S/C9H16N2/c1-6-7(2)11-9-3-4-10-5-8(6)9/h6-7,10-11H,3-5H2,1-2H3. The van der Waals surface area contributed by atoms with E-state index in [4.69, 9.17) is 0 Å². The highest BCUT2D eigenvalue weighted by Crippen LogP contribution is 2.27. The third kappa shape index (κ3) is 1.06. The molecule has 0 aromatic rings. The van der Waals surface area contributed by atoms with E-state index in [0.717, 1.165) is 19.0 Å². The molecule has 0 aliphatic carbocycles. The normalized spacial score (nSPS) is 36.9. The Morgan fingerprint density at radius 3 is 2.91 bits per heavy atom. The minimum Gasteiger partial charge on any atom is -0.385 e. The molecule has 0 saturated carbocycles. The van der Waals surface area contributed by atoms with Crippen LogP contribution in [0.15, 0.2) is 11.3 Å². The lowest BCUT2D eigenvalue weighted by Crippen LogP contribution is -2.26. The zero-order valence-electron chi connectivity index (χ0n) is 7.28. The van der Waals surface area contributed by atoms with Gasteiger partial charge in [-0.25, -0.2) is 0 Å². The van der Waals surface area contributed by atoms with E-state index >= 15 is 0 Å². The van der Waals surface area contributed by atoms with Crippen molar-refractivity contribution in [3.8, 4) is 0 Å². The molecule has 0 radical (unpaired) electrons. The summed E-state index contributed by atoms with van der Waals surface area (Å²) in [6.07, 6.45) is 1.20. The van der Waals surface area contributed by atoms with E-state index in [1.807, 2.05) is 0 Å². The van der Waals surface area contributed by atoms with Crippen LogP contribution in [0.25, 0.3) is 0 Å². The molecule has 0 spiro atoms. The Morgan fingerprint density at radius 2 is 2.18 bits per heavy atom. The average Bonchev–Trinajstić information content (AvgIpc) is 2.30. The fraction of sp³-hybridized carbons (Fsp3) is 0.778. The molecule has 62 valence electrons. The molecule has 2 aliphatic heterocycles. The van der Waals surface area contributed by atoms with Crippen LogP contribution in [0.3, 0.4) is 0 Å². The molecule has 2 atom stereocenters. The third-order valence-corrected chi connectivity index (χ3v) is 2.96. The Balaban J connectivity index is 2.20. The molecule has 2 unspecified atom stereocenters. The summed E-state index contributed by atoms with van der Waals surface area (Å²) in [6, 6.07) is 0.653. The second-order valence-corrected chi connectivity index (χ2v) is 3.65. The van der Waals surface area contributed by atoms with Gasteiger partial charge in [-0.1, -0.05) is 6.92 Å². The van der Waals surface area contributed by atoms with Crippen molar-refractivity contribution in [1.82, 2.24) is 10.6 Å². The first kappa shape index (κ1) is 7.17. The highest BCUT2D eigenvalue weighted by Gasteiger charge is 2.28. The predicted octanol–water partition coefficient (Wildman–Crippen LogP) is 0.862. The lowest BCUT2D eigenvalue weighted by atomic mass is 9.95. The summed E-state index contributed by atoms with van der Waals surface area (Å²) >= 11 is 0. The van der Waals surface area contributed by atoms with Crippen molar-refractivity contribution < 1.29 is 0 Å². The Morgan fingerprint density at radius 1 is 1.36 bits per heavy atom. The van der Waals surface area contributed by atoms with Crippen LogP contribution in [-0.4, -0.2) is 19.1 Å². The van der Waals surface area contributed by atoms with Crippen molar-refractivity contribution in [2.45, 2.75) is 26.3 Å². The summed E-state index contributed by atoms with van der Waals surface area (Å²) in [6.45, 7) is 6.83. The number of hydrogen-bond donors (Lipinski definition) is 2. The first-order valence-electron chi connectivity index (χ1n) is 4.48. The molecule has 0 aromatic carbocycles. The second-order valence-electron chi connectivity index (χ2n) is 3.65. The first-order valence-corrected chi connectivity index (χ1v) is 4.48. The maximum atomic E-state index is 3.55. The van der Waals surface area contributed by atoms with Crippen molar-refractivity contribution in [2.24, 2.45) is 5.92 Å². The van der Waals surface area contributed by atoms with Crippen molar-refractivity contribution in [3.05, 3.63) is 11.3 Å². The first-order chi connectivity index (χ1) is 5.29. The van der Waals surface area contributed by atoms with Gasteiger partial charge in [-0.15, -0.1) is 0 Å². The number of hydrogen-bond acceptors (Lipinski definition) is 2. The van der Waals surface area contributed by atoms with Crippen LogP contribution in [-0.2, 0) is 0 Å². The fourth-order valence-corrected chi connectivity index (χ4v) is 2.01. The zero-order chi connectivity index (χ0) is 7.84. The minimum atomic E-state index is 0.653. The van der Waals surface area contributed by atoms with Crippen LogP contribution in [0.5, 0.6) is 0 Å². The molecule has 0 saturated heterocycles. The number of rotatable bonds is 0. The van der Waals surface area contributed by atoms with E-state index in [0.29, 0.717) is 6.04 Å². The Hall–Kier alpha value is -0.500. The van der Waals surface area contributed by atoms with Crippen LogP contribution >= 0.6 is 0 Å². The van der Waals surface area contributed by atoms with Gasteiger partial charge < -0.3 is 10.6 Å². The van der Waals surface area contributed by atoms with Gasteiger partial charge in [0.15, 0.2) is 0 Å². The molecule has 0 aromatic heterocycles. The molecule has 2 nitrogen and oxygen atoms in total. The van der Waals surface area contributed by atoms with E-state index in [2.05, 4.69) is 24.5 Å². The Labute approximate surface area is 68.1 Å². The lowest BCUT2D eigenvalue weighted by molar-refractivity contribution is 0.530. The monoisotopic (exact) mass is 152 g/mol. The largest absolute Gasteiger partial charge is 0.385 e. The van der Waals surface area contributed by atoms with E-state index in [9.17, 15) is 0 Å². The van der Waals surface area contributed by atoms with Gasteiger partial charge in [0.25, 0.3) is 0 Å². The summed E-state index contributed by atoms with van der Waals surface area (Å²) in [5.41, 5.74) is 3.13. The van der Waals surface area contributed by atoms with Gasteiger partial charge in [0, 0.05) is 30.7 Å². The second kappa shape index (κ2) is 2.52. The van der Waals surface area contributed by atoms with E-state index < -0.39 is 0 Å². The third-order valence-electron chi connectivity index (χ3n) is 2.96. The van der Waals surface area contributed by atoms with Crippen LogP contribution in [0, 0.1) is 5.92 Å². The van der Waals surface area contributed by atoms with Crippen LogP contribution < -0.4 is 10.6 Å². The minimum absolute atomic E-state index is 0.653. The van der Waals surface area contributed by atoms with Gasteiger partial charge in [0.1, 0.15) is 0 Å². The fourth-order valence-electron chi connectivity index (χ4n) is 2.01. The topological polar surface area (TPSA) is 24.1 Å². The maximum absolute atomic E-state index is 3.55. The van der Waals surface area contributed by atoms with Gasteiger partial charge >= 0.3 is 0 Å². The average molecular weight is 152 g/mol. The molecule has 2 heteroatoms. The van der Waals surface area contributed by atoms with Crippen LogP contribution in [0.1, 0.15) is 20.3 Å². The van der Waals surface area contributed by atoms with E-state index in [1.165, 1.54) is 12.1 Å². The summed E-state index contributed by atoms with van der Waals surface area (Å²) < 4.78 is 0. The van der Waals surface area contributed by atoms with Gasteiger partial charge in [0.2, 0.25) is 0 Å². The number of nitrogens with one attached hydrogen (secondary N) is 2. The van der Waals surface area contributed by atoms with Gasteiger partial charge in [-0.2, -0.15) is 0 Å². The van der Waals surface area contributed by atoms with Crippen molar-refractivity contribution in [3.63, 3.8) is 0 Å². The zero-order valence-corrected chi connectivity index (χ0v) is 7.28. The molecule has 2 heterocycles. The molecular weight excluding hydrogens is 136 g/mol. The molecular formula is C9H16N2. The van der Waals surface area contributed by atoms with Crippen molar-refractivity contribution in [2.75, 3.05) is 13.1 Å². The SMILES string of the molecule is CC1NC2=C(CNCC2)C1C. The Kier molecular flexibility index (Phi) is 1.64.